The lowest BCUT2D eigenvalue weighted by molar-refractivity contribution is 0.794. The number of nitrogens with zero attached hydrogens (tertiary/aromatic N) is 1. The van der Waals surface area contributed by atoms with Gasteiger partial charge >= 0.3 is 0 Å². The van der Waals surface area contributed by atoms with Crippen LogP contribution in [0.4, 0.5) is 17.1 Å². The highest BCUT2D eigenvalue weighted by Crippen LogP contribution is 2.63. The van der Waals surface area contributed by atoms with Gasteiger partial charge in [0.25, 0.3) is 0 Å². The molecule has 0 fully saturated rings. The van der Waals surface area contributed by atoms with Crippen molar-refractivity contribution in [2.24, 2.45) is 0 Å². The van der Waals surface area contributed by atoms with Crippen LogP contribution in [0.25, 0.3) is 55.6 Å². The van der Waals surface area contributed by atoms with Crippen LogP contribution in [0.5, 0.6) is 0 Å². The molecule has 0 saturated carbocycles. The van der Waals surface area contributed by atoms with Crippen LogP contribution >= 0.6 is 0 Å². The third-order valence-electron chi connectivity index (χ3n) is 11.9. The average molecular weight is 712 g/mol. The Morgan fingerprint density at radius 1 is 0.232 bits per heavy atom. The second kappa shape index (κ2) is 13.0. The van der Waals surface area contributed by atoms with E-state index < -0.39 is 0 Å². The van der Waals surface area contributed by atoms with Crippen LogP contribution in [0.3, 0.4) is 0 Å². The van der Waals surface area contributed by atoms with Crippen LogP contribution in [0.1, 0.15) is 22.3 Å². The quantitative estimate of drug-likeness (QED) is 0.166. The second-order valence-corrected chi connectivity index (χ2v) is 14.8. The third kappa shape index (κ3) is 4.88. The minimum atomic E-state index is -0.357. The molecule has 0 aliphatic heterocycles. The predicted molar refractivity (Wildman–Crippen MR) is 234 cm³/mol. The van der Waals surface area contributed by atoms with Crippen molar-refractivity contribution in [2.75, 3.05) is 4.90 Å². The molecule has 1 nitrogen and oxygen atoms in total. The van der Waals surface area contributed by atoms with Crippen LogP contribution < -0.4 is 4.90 Å². The molecule has 0 bridgehead atoms. The van der Waals surface area contributed by atoms with Crippen molar-refractivity contribution >= 4 is 17.1 Å². The molecular weight excluding hydrogens is 675 g/mol. The topological polar surface area (TPSA) is 3.24 Å². The molecular formula is C55H37N. The Labute approximate surface area is 328 Å². The normalized spacial score (nSPS) is 12.8. The Morgan fingerprint density at radius 2 is 0.571 bits per heavy atom. The van der Waals surface area contributed by atoms with Crippen molar-refractivity contribution in [3.05, 3.63) is 247 Å². The standard InChI is InChI=1S/C55H37N/c1-3-14-38(15-4-1)40-26-32-43(33-27-40)56(44-34-28-41(29-35-44)39-16-5-2-6-17-39)45-36-30-42(31-37-45)46-21-13-25-53-54(46)49-20-9-12-24-52(49)55(53)50-22-10-7-18-47(50)48-19-8-11-23-51(48)55/h1-37H. The lowest BCUT2D eigenvalue weighted by Crippen LogP contribution is -2.25. The molecule has 9 aromatic carbocycles. The van der Waals surface area contributed by atoms with Crippen molar-refractivity contribution < 1.29 is 0 Å². The van der Waals surface area contributed by atoms with Crippen LogP contribution in [0.2, 0.25) is 0 Å². The maximum Gasteiger partial charge on any atom is 0.0725 e. The molecule has 2 aliphatic carbocycles. The van der Waals surface area contributed by atoms with Gasteiger partial charge < -0.3 is 4.90 Å². The maximum atomic E-state index is 2.37. The highest BCUT2D eigenvalue weighted by Gasteiger charge is 2.51. The Morgan fingerprint density at radius 3 is 1.05 bits per heavy atom. The SMILES string of the molecule is c1ccc(-c2ccc(N(c3ccc(-c4ccccc4)cc3)c3ccc(-c4cccc5c4-c4ccccc4C54c5ccccc5-c5ccccc54)cc3)cc2)cc1. The van der Waals surface area contributed by atoms with E-state index in [1.54, 1.807) is 0 Å². The van der Waals surface area contributed by atoms with E-state index in [1.807, 2.05) is 0 Å². The summed E-state index contributed by atoms with van der Waals surface area (Å²) >= 11 is 0. The van der Waals surface area contributed by atoms with Gasteiger partial charge in [-0.25, -0.2) is 0 Å². The van der Waals surface area contributed by atoms with E-state index in [-0.39, 0.29) is 5.41 Å². The van der Waals surface area contributed by atoms with Gasteiger partial charge in [0.15, 0.2) is 0 Å². The molecule has 262 valence electrons. The summed E-state index contributed by atoms with van der Waals surface area (Å²) in [6.07, 6.45) is 0. The number of benzene rings is 9. The molecule has 0 atom stereocenters. The zero-order valence-corrected chi connectivity index (χ0v) is 30.8. The number of fused-ring (bicyclic) bond motifs is 10. The first-order chi connectivity index (χ1) is 27.8. The molecule has 0 unspecified atom stereocenters. The van der Waals surface area contributed by atoms with Crippen LogP contribution in [-0.2, 0) is 5.41 Å². The minimum absolute atomic E-state index is 0.357. The molecule has 0 aromatic heterocycles. The third-order valence-corrected chi connectivity index (χ3v) is 11.9. The van der Waals surface area contributed by atoms with Crippen LogP contribution in [0, 0.1) is 0 Å². The summed E-state index contributed by atoms with van der Waals surface area (Å²) in [6, 6.07) is 82.2. The van der Waals surface area contributed by atoms with E-state index in [2.05, 4.69) is 229 Å². The lowest BCUT2D eigenvalue weighted by Gasteiger charge is -2.30. The molecule has 0 N–H and O–H groups in total. The largest absolute Gasteiger partial charge is 0.311 e. The maximum absolute atomic E-state index is 2.37. The molecule has 11 rings (SSSR count). The van der Waals surface area contributed by atoms with Gasteiger partial charge in [-0.3, -0.25) is 0 Å². The zero-order valence-electron chi connectivity index (χ0n) is 30.8. The van der Waals surface area contributed by atoms with E-state index in [9.17, 15) is 0 Å². The van der Waals surface area contributed by atoms with Gasteiger partial charge in [0.1, 0.15) is 0 Å². The van der Waals surface area contributed by atoms with Crippen LogP contribution in [0.15, 0.2) is 224 Å². The first-order valence-corrected chi connectivity index (χ1v) is 19.4. The molecule has 0 heterocycles. The Hall–Kier alpha value is -7.22. The molecule has 1 heteroatoms. The summed E-state index contributed by atoms with van der Waals surface area (Å²) in [5.74, 6) is 0. The van der Waals surface area contributed by atoms with Crippen molar-refractivity contribution in [2.45, 2.75) is 5.41 Å². The summed E-state index contributed by atoms with van der Waals surface area (Å²) < 4.78 is 0. The van der Waals surface area contributed by atoms with E-state index in [4.69, 9.17) is 0 Å². The highest BCUT2D eigenvalue weighted by molar-refractivity contribution is 6.00. The lowest BCUT2D eigenvalue weighted by atomic mass is 9.70. The number of hydrogen-bond donors (Lipinski definition) is 0. The molecule has 1 spiro atoms. The van der Waals surface area contributed by atoms with E-state index in [0.717, 1.165) is 17.1 Å². The monoisotopic (exact) mass is 711 g/mol. The Kier molecular flexibility index (Phi) is 7.47. The molecule has 2 aliphatic rings. The summed E-state index contributed by atoms with van der Waals surface area (Å²) in [6.45, 7) is 0. The number of rotatable bonds is 6. The van der Waals surface area contributed by atoms with Gasteiger partial charge in [-0.05, 0) is 114 Å². The van der Waals surface area contributed by atoms with E-state index in [1.165, 1.54) is 77.9 Å². The van der Waals surface area contributed by atoms with Crippen molar-refractivity contribution in [3.63, 3.8) is 0 Å². The Balaban J connectivity index is 1.03. The number of hydrogen-bond acceptors (Lipinski definition) is 1. The van der Waals surface area contributed by atoms with Gasteiger partial charge in [-0.1, -0.05) is 188 Å². The molecule has 0 amide bonds. The second-order valence-electron chi connectivity index (χ2n) is 14.8. The van der Waals surface area contributed by atoms with Crippen molar-refractivity contribution in [1.29, 1.82) is 0 Å². The molecule has 0 radical (unpaired) electrons. The Bertz CT molecular complexity index is 2740. The van der Waals surface area contributed by atoms with Gasteiger partial charge in [0.05, 0.1) is 5.41 Å². The smallest absolute Gasteiger partial charge is 0.0725 e. The summed E-state index contributed by atoms with van der Waals surface area (Å²) in [5.41, 5.74) is 21.0. The fourth-order valence-corrected chi connectivity index (χ4v) is 9.49. The first-order valence-electron chi connectivity index (χ1n) is 19.4. The average Bonchev–Trinajstić information content (AvgIpc) is 3.76. The summed E-state index contributed by atoms with van der Waals surface area (Å²) in [5, 5.41) is 0. The molecule has 9 aromatic rings. The fraction of sp³-hybridized carbons (Fsp3) is 0.0182. The van der Waals surface area contributed by atoms with Crippen LogP contribution in [-0.4, -0.2) is 0 Å². The molecule has 56 heavy (non-hydrogen) atoms. The van der Waals surface area contributed by atoms with E-state index in [0.29, 0.717) is 0 Å². The predicted octanol–water partition coefficient (Wildman–Crippen LogP) is 14.5. The molecule has 0 saturated heterocycles. The van der Waals surface area contributed by atoms with E-state index >= 15 is 0 Å². The van der Waals surface area contributed by atoms with Crippen molar-refractivity contribution in [1.82, 2.24) is 0 Å². The van der Waals surface area contributed by atoms with Gasteiger partial charge in [0.2, 0.25) is 0 Å². The highest BCUT2D eigenvalue weighted by atomic mass is 15.1. The van der Waals surface area contributed by atoms with Gasteiger partial charge in [-0.2, -0.15) is 0 Å². The zero-order chi connectivity index (χ0) is 37.1. The minimum Gasteiger partial charge on any atom is -0.311 e. The summed E-state index contributed by atoms with van der Waals surface area (Å²) in [7, 11) is 0. The van der Waals surface area contributed by atoms with Gasteiger partial charge in [0, 0.05) is 17.1 Å². The van der Waals surface area contributed by atoms with Gasteiger partial charge in [-0.15, -0.1) is 0 Å². The fourth-order valence-electron chi connectivity index (χ4n) is 9.49. The summed E-state index contributed by atoms with van der Waals surface area (Å²) in [4.78, 5) is 2.36. The first kappa shape index (κ1) is 32.2. The van der Waals surface area contributed by atoms with Crippen molar-refractivity contribution in [3.8, 4) is 55.6 Å². The number of anilines is 3.